The molecule has 3 aromatic carbocycles. The third kappa shape index (κ3) is 4.75. The van der Waals surface area contributed by atoms with Gasteiger partial charge in [0.1, 0.15) is 12.4 Å². The van der Waals surface area contributed by atoms with Gasteiger partial charge in [0, 0.05) is 22.6 Å². The van der Waals surface area contributed by atoms with Gasteiger partial charge in [-0.25, -0.2) is 0 Å². The Kier molecular flexibility index (Phi) is 6.30. The van der Waals surface area contributed by atoms with Crippen molar-refractivity contribution < 1.29 is 4.74 Å². The standard InChI is InChI=1S/C24H27BrN2O/c1-27-14-12-21(13-15-27)26-16-23-22-5-3-2-4-19(22)8-11-24(23)28-17-18-6-9-20(25)10-7-18/h2-11,21,26H,12-17H2,1H3. The van der Waals surface area contributed by atoms with Gasteiger partial charge < -0.3 is 15.0 Å². The Morgan fingerprint density at radius 3 is 2.54 bits per heavy atom. The second kappa shape index (κ2) is 9.08. The number of fused-ring (bicyclic) bond motifs is 1. The smallest absolute Gasteiger partial charge is 0.124 e. The van der Waals surface area contributed by atoms with Crippen LogP contribution in [-0.2, 0) is 13.2 Å². The Morgan fingerprint density at radius 2 is 1.75 bits per heavy atom. The van der Waals surface area contributed by atoms with Gasteiger partial charge in [0.15, 0.2) is 0 Å². The molecular weight excluding hydrogens is 412 g/mol. The summed E-state index contributed by atoms with van der Waals surface area (Å²) < 4.78 is 7.35. The van der Waals surface area contributed by atoms with E-state index in [0.29, 0.717) is 12.6 Å². The second-order valence-corrected chi connectivity index (χ2v) is 8.55. The Morgan fingerprint density at radius 1 is 1.00 bits per heavy atom. The molecule has 0 bridgehead atoms. The van der Waals surface area contributed by atoms with Crippen molar-refractivity contribution in [2.24, 2.45) is 0 Å². The highest BCUT2D eigenvalue weighted by Gasteiger charge is 2.17. The molecule has 146 valence electrons. The first kappa shape index (κ1) is 19.4. The lowest BCUT2D eigenvalue weighted by Crippen LogP contribution is -2.40. The SMILES string of the molecule is CN1CCC(NCc2c(OCc3ccc(Br)cc3)ccc3ccccc23)CC1. The van der Waals surface area contributed by atoms with Crippen molar-refractivity contribution in [2.75, 3.05) is 20.1 Å². The first-order valence-corrected chi connectivity index (χ1v) is 10.8. The molecule has 4 rings (SSSR count). The lowest BCUT2D eigenvalue weighted by atomic mass is 10.0. The van der Waals surface area contributed by atoms with E-state index in [0.717, 1.165) is 16.8 Å². The van der Waals surface area contributed by atoms with Gasteiger partial charge in [-0.15, -0.1) is 0 Å². The van der Waals surface area contributed by atoms with Gasteiger partial charge in [0.25, 0.3) is 0 Å². The summed E-state index contributed by atoms with van der Waals surface area (Å²) in [4.78, 5) is 2.41. The van der Waals surface area contributed by atoms with Gasteiger partial charge in [-0.1, -0.05) is 58.4 Å². The van der Waals surface area contributed by atoms with Gasteiger partial charge in [0.05, 0.1) is 0 Å². The Labute approximate surface area is 175 Å². The van der Waals surface area contributed by atoms with E-state index in [2.05, 4.69) is 93.9 Å². The fraction of sp³-hybridized carbons (Fsp3) is 0.333. The maximum atomic E-state index is 6.26. The minimum atomic E-state index is 0.576. The third-order valence-corrected chi connectivity index (χ3v) is 6.12. The number of nitrogens with one attached hydrogen (secondary N) is 1. The van der Waals surface area contributed by atoms with E-state index in [9.17, 15) is 0 Å². The highest BCUT2D eigenvalue weighted by molar-refractivity contribution is 9.10. The second-order valence-electron chi connectivity index (χ2n) is 7.64. The van der Waals surface area contributed by atoms with E-state index in [1.165, 1.54) is 47.8 Å². The van der Waals surface area contributed by atoms with Crippen LogP contribution in [0.1, 0.15) is 24.0 Å². The largest absolute Gasteiger partial charge is 0.489 e. The van der Waals surface area contributed by atoms with Crippen LogP contribution in [0.2, 0.25) is 0 Å². The maximum absolute atomic E-state index is 6.26. The van der Waals surface area contributed by atoms with E-state index in [1.807, 2.05) is 0 Å². The number of hydrogen-bond donors (Lipinski definition) is 1. The molecule has 0 radical (unpaired) electrons. The molecule has 1 aliphatic heterocycles. The molecule has 0 saturated carbocycles. The van der Waals surface area contributed by atoms with Gasteiger partial charge >= 0.3 is 0 Å². The van der Waals surface area contributed by atoms with Crippen LogP contribution >= 0.6 is 15.9 Å². The molecule has 4 heteroatoms. The Hall–Kier alpha value is -1.88. The zero-order valence-electron chi connectivity index (χ0n) is 16.3. The van der Waals surface area contributed by atoms with E-state index < -0.39 is 0 Å². The molecule has 0 aliphatic carbocycles. The monoisotopic (exact) mass is 438 g/mol. The highest BCUT2D eigenvalue weighted by atomic mass is 79.9. The minimum absolute atomic E-state index is 0.576. The predicted molar refractivity (Wildman–Crippen MR) is 120 cm³/mol. The third-order valence-electron chi connectivity index (χ3n) is 5.59. The van der Waals surface area contributed by atoms with Crippen LogP contribution in [0.15, 0.2) is 65.1 Å². The summed E-state index contributed by atoms with van der Waals surface area (Å²) in [6.07, 6.45) is 2.41. The van der Waals surface area contributed by atoms with Crippen LogP contribution in [-0.4, -0.2) is 31.1 Å². The molecule has 1 saturated heterocycles. The van der Waals surface area contributed by atoms with E-state index in [1.54, 1.807) is 0 Å². The Bertz CT molecular complexity index is 918. The molecule has 1 fully saturated rings. The molecule has 0 atom stereocenters. The van der Waals surface area contributed by atoms with Crippen LogP contribution in [0, 0.1) is 0 Å². The van der Waals surface area contributed by atoms with Crippen molar-refractivity contribution in [3.8, 4) is 5.75 Å². The Balaban J connectivity index is 1.53. The summed E-state index contributed by atoms with van der Waals surface area (Å²) in [7, 11) is 2.20. The summed E-state index contributed by atoms with van der Waals surface area (Å²) in [6.45, 7) is 3.75. The van der Waals surface area contributed by atoms with Crippen molar-refractivity contribution >= 4 is 26.7 Å². The molecule has 0 spiro atoms. The fourth-order valence-corrected chi connectivity index (χ4v) is 4.10. The quantitative estimate of drug-likeness (QED) is 0.559. The summed E-state index contributed by atoms with van der Waals surface area (Å²) in [5, 5.41) is 6.32. The van der Waals surface area contributed by atoms with E-state index in [4.69, 9.17) is 4.74 Å². The summed E-state index contributed by atoms with van der Waals surface area (Å²) in [5.74, 6) is 0.974. The zero-order chi connectivity index (χ0) is 19.3. The first-order valence-electron chi connectivity index (χ1n) is 9.99. The average molecular weight is 439 g/mol. The number of rotatable bonds is 6. The number of ether oxygens (including phenoxy) is 1. The van der Waals surface area contributed by atoms with Crippen LogP contribution in [0.3, 0.4) is 0 Å². The number of hydrogen-bond acceptors (Lipinski definition) is 3. The number of nitrogens with zero attached hydrogens (tertiary/aromatic N) is 1. The lowest BCUT2D eigenvalue weighted by molar-refractivity contribution is 0.233. The summed E-state index contributed by atoms with van der Waals surface area (Å²) in [6, 6.07) is 21.7. The number of likely N-dealkylation sites (tertiary alicyclic amines) is 1. The molecule has 0 amide bonds. The molecule has 3 nitrogen and oxygen atoms in total. The average Bonchev–Trinajstić information content (AvgIpc) is 2.73. The van der Waals surface area contributed by atoms with Gasteiger partial charge in [0.2, 0.25) is 0 Å². The molecule has 3 aromatic rings. The predicted octanol–water partition coefficient (Wildman–Crippen LogP) is 5.37. The van der Waals surface area contributed by atoms with E-state index >= 15 is 0 Å². The zero-order valence-corrected chi connectivity index (χ0v) is 17.9. The molecule has 0 aromatic heterocycles. The summed E-state index contributed by atoms with van der Waals surface area (Å²) >= 11 is 3.49. The topological polar surface area (TPSA) is 24.5 Å². The van der Waals surface area contributed by atoms with Crippen molar-refractivity contribution in [2.45, 2.75) is 32.0 Å². The van der Waals surface area contributed by atoms with Gasteiger partial charge in [-0.2, -0.15) is 0 Å². The molecule has 0 unspecified atom stereocenters. The van der Waals surface area contributed by atoms with Gasteiger partial charge in [-0.3, -0.25) is 0 Å². The van der Waals surface area contributed by atoms with Crippen molar-refractivity contribution in [3.63, 3.8) is 0 Å². The fourth-order valence-electron chi connectivity index (χ4n) is 3.83. The van der Waals surface area contributed by atoms with Crippen LogP contribution in [0.4, 0.5) is 0 Å². The normalized spacial score (nSPS) is 15.8. The van der Waals surface area contributed by atoms with Gasteiger partial charge in [-0.05, 0) is 67.5 Å². The number of piperidine rings is 1. The lowest BCUT2D eigenvalue weighted by Gasteiger charge is -2.30. The summed E-state index contributed by atoms with van der Waals surface area (Å²) in [5.41, 5.74) is 2.43. The van der Waals surface area contributed by atoms with Crippen LogP contribution in [0.25, 0.3) is 10.8 Å². The van der Waals surface area contributed by atoms with Crippen molar-refractivity contribution in [1.82, 2.24) is 10.2 Å². The molecule has 1 aliphatic rings. The first-order chi connectivity index (χ1) is 13.7. The minimum Gasteiger partial charge on any atom is -0.489 e. The maximum Gasteiger partial charge on any atom is 0.124 e. The highest BCUT2D eigenvalue weighted by Crippen LogP contribution is 2.29. The van der Waals surface area contributed by atoms with Crippen molar-refractivity contribution in [1.29, 1.82) is 0 Å². The molecule has 28 heavy (non-hydrogen) atoms. The molecule has 1 heterocycles. The molecular formula is C24H27BrN2O. The van der Waals surface area contributed by atoms with Crippen LogP contribution < -0.4 is 10.1 Å². The van der Waals surface area contributed by atoms with E-state index in [-0.39, 0.29) is 0 Å². The number of benzene rings is 3. The number of halogens is 1. The van der Waals surface area contributed by atoms with Crippen LogP contribution in [0.5, 0.6) is 5.75 Å². The molecule has 1 N–H and O–H groups in total. The van der Waals surface area contributed by atoms with Crippen molar-refractivity contribution in [3.05, 3.63) is 76.3 Å².